The van der Waals surface area contributed by atoms with Crippen molar-refractivity contribution in [3.8, 4) is 0 Å². The van der Waals surface area contributed by atoms with Crippen molar-refractivity contribution in [2.45, 2.75) is 116 Å². The summed E-state index contributed by atoms with van der Waals surface area (Å²) >= 11 is 0. The summed E-state index contributed by atoms with van der Waals surface area (Å²) in [6.07, 6.45) is 7.26. The van der Waals surface area contributed by atoms with Crippen LogP contribution in [0.4, 0.5) is 4.79 Å². The molecule has 2 aliphatic carbocycles. The highest BCUT2D eigenvalue weighted by atomic mass is 16.6. The summed E-state index contributed by atoms with van der Waals surface area (Å²) < 4.78 is 5.29. The van der Waals surface area contributed by atoms with Crippen LogP contribution in [0.2, 0.25) is 0 Å². The fourth-order valence-electron chi connectivity index (χ4n) is 5.19. The Balaban J connectivity index is 2.14. The maximum Gasteiger partial charge on any atom is 0.407 e. The van der Waals surface area contributed by atoms with Gasteiger partial charge in [0.2, 0.25) is 23.6 Å². The first kappa shape index (κ1) is 31.7. The first-order chi connectivity index (χ1) is 17.9. The van der Waals surface area contributed by atoms with Crippen LogP contribution in [0.5, 0.6) is 0 Å². The summed E-state index contributed by atoms with van der Waals surface area (Å²) in [6, 6.07) is 0. The van der Waals surface area contributed by atoms with Crippen LogP contribution in [0.1, 0.15) is 105 Å². The molecule has 0 aromatic heterocycles. The van der Waals surface area contributed by atoms with Gasteiger partial charge in [0.15, 0.2) is 0 Å². The molecule has 1 atom stereocenters. The Morgan fingerprint density at radius 2 is 1.37 bits per heavy atom. The Bertz CT molecular complexity index is 845. The van der Waals surface area contributed by atoms with E-state index in [0.29, 0.717) is 12.8 Å². The molecule has 0 aromatic rings. The third kappa shape index (κ3) is 9.98. The van der Waals surface area contributed by atoms with Crippen LogP contribution in [0.3, 0.4) is 0 Å². The van der Waals surface area contributed by atoms with E-state index in [2.05, 4.69) is 10.6 Å². The predicted molar refractivity (Wildman–Crippen MR) is 140 cm³/mol. The van der Waals surface area contributed by atoms with E-state index in [1.807, 2.05) is 5.48 Å². The zero-order valence-electron chi connectivity index (χ0n) is 23.4. The molecule has 4 N–H and O–H groups in total. The lowest BCUT2D eigenvalue weighted by atomic mass is 9.86. The van der Waals surface area contributed by atoms with Gasteiger partial charge >= 0.3 is 6.09 Å². The molecule has 2 fully saturated rings. The molecule has 0 saturated heterocycles. The summed E-state index contributed by atoms with van der Waals surface area (Å²) in [5, 5.41) is 14.6. The molecule has 0 aliphatic heterocycles. The Morgan fingerprint density at radius 3 is 1.89 bits per heavy atom. The van der Waals surface area contributed by atoms with Gasteiger partial charge in [-0.2, -0.15) is 0 Å². The molecule has 0 radical (unpaired) electrons. The maximum absolute atomic E-state index is 13.7. The van der Waals surface area contributed by atoms with Gasteiger partial charge in [-0.1, -0.05) is 38.5 Å². The molecular weight excluding hydrogens is 492 g/mol. The topological polar surface area (TPSA) is 154 Å². The SMILES string of the molecule is CC(C)(C)OC(=O)NC[C@](C)(CNO)N(C(=O)CCC(=O)NC(=O)C1CCCCC1)C(=O)C1CCCCC1. The van der Waals surface area contributed by atoms with Gasteiger partial charge in [0.05, 0.1) is 5.54 Å². The minimum absolute atomic E-state index is 0.175. The maximum atomic E-state index is 13.7. The smallest absolute Gasteiger partial charge is 0.407 e. The van der Waals surface area contributed by atoms with Crippen molar-refractivity contribution >= 4 is 29.7 Å². The third-order valence-corrected chi connectivity index (χ3v) is 7.24. The quantitative estimate of drug-likeness (QED) is 0.309. The molecule has 11 heteroatoms. The summed E-state index contributed by atoms with van der Waals surface area (Å²) in [7, 11) is 0. The summed E-state index contributed by atoms with van der Waals surface area (Å²) in [5.41, 5.74) is -0.0475. The molecule has 0 bridgehead atoms. The number of hydroxylamine groups is 1. The summed E-state index contributed by atoms with van der Waals surface area (Å²) in [5.74, 6) is -2.43. The third-order valence-electron chi connectivity index (χ3n) is 7.24. The first-order valence-electron chi connectivity index (χ1n) is 13.9. The van der Waals surface area contributed by atoms with Crippen LogP contribution < -0.4 is 16.1 Å². The van der Waals surface area contributed by atoms with E-state index in [1.165, 1.54) is 0 Å². The number of carbonyl (C=O) groups excluding carboxylic acids is 5. The summed E-state index contributed by atoms with van der Waals surface area (Å²) in [4.78, 5) is 65.5. The minimum Gasteiger partial charge on any atom is -0.444 e. The van der Waals surface area contributed by atoms with Crippen molar-refractivity contribution in [3.05, 3.63) is 0 Å². The number of nitrogens with zero attached hydrogens (tertiary/aromatic N) is 1. The first-order valence-corrected chi connectivity index (χ1v) is 13.9. The fraction of sp³-hybridized carbons (Fsp3) is 0.815. The van der Waals surface area contributed by atoms with E-state index < -0.39 is 35.0 Å². The second-order valence-electron chi connectivity index (χ2n) is 11.8. The molecule has 2 rings (SSSR count). The molecule has 11 nitrogen and oxygen atoms in total. The van der Waals surface area contributed by atoms with Crippen molar-refractivity contribution in [2.75, 3.05) is 13.1 Å². The monoisotopic (exact) mass is 538 g/mol. The van der Waals surface area contributed by atoms with Gasteiger partial charge in [0, 0.05) is 37.8 Å². The molecule has 38 heavy (non-hydrogen) atoms. The Hall–Kier alpha value is -2.53. The second-order valence-corrected chi connectivity index (χ2v) is 11.8. The Labute approximate surface area is 225 Å². The Morgan fingerprint density at radius 1 is 0.816 bits per heavy atom. The van der Waals surface area contributed by atoms with E-state index in [9.17, 15) is 29.2 Å². The van der Waals surface area contributed by atoms with Crippen molar-refractivity contribution in [3.63, 3.8) is 0 Å². The van der Waals surface area contributed by atoms with E-state index in [-0.39, 0.29) is 43.7 Å². The average Bonchev–Trinajstić information content (AvgIpc) is 2.86. The van der Waals surface area contributed by atoms with Gasteiger partial charge in [-0.05, 0) is 53.4 Å². The van der Waals surface area contributed by atoms with E-state index >= 15 is 0 Å². The number of nitrogens with one attached hydrogen (secondary N) is 3. The zero-order chi connectivity index (χ0) is 28.3. The molecule has 0 aromatic carbocycles. The van der Waals surface area contributed by atoms with Crippen LogP contribution in [0.25, 0.3) is 0 Å². The largest absolute Gasteiger partial charge is 0.444 e. The fourth-order valence-corrected chi connectivity index (χ4v) is 5.19. The van der Waals surface area contributed by atoms with E-state index in [4.69, 9.17) is 4.74 Å². The number of hydrogen-bond acceptors (Lipinski definition) is 8. The van der Waals surface area contributed by atoms with Crippen molar-refractivity contribution < 1.29 is 33.9 Å². The highest BCUT2D eigenvalue weighted by Crippen LogP contribution is 2.29. The van der Waals surface area contributed by atoms with E-state index in [1.54, 1.807) is 27.7 Å². The van der Waals surface area contributed by atoms with Crippen LogP contribution >= 0.6 is 0 Å². The van der Waals surface area contributed by atoms with Gasteiger partial charge in [-0.15, -0.1) is 0 Å². The van der Waals surface area contributed by atoms with Crippen LogP contribution in [-0.4, -0.2) is 64.1 Å². The molecule has 216 valence electrons. The predicted octanol–water partition coefficient (Wildman–Crippen LogP) is 3.19. The van der Waals surface area contributed by atoms with E-state index in [0.717, 1.165) is 56.3 Å². The highest BCUT2D eigenvalue weighted by Gasteiger charge is 2.43. The number of alkyl carbamates (subject to hydrolysis) is 1. The lowest BCUT2D eigenvalue weighted by Gasteiger charge is -2.42. The van der Waals surface area contributed by atoms with Gasteiger partial charge in [-0.3, -0.25) is 29.4 Å². The molecule has 2 aliphatic rings. The van der Waals surface area contributed by atoms with Gasteiger partial charge in [0.1, 0.15) is 5.60 Å². The van der Waals surface area contributed by atoms with Crippen LogP contribution in [0.15, 0.2) is 0 Å². The lowest BCUT2D eigenvalue weighted by molar-refractivity contribution is -0.156. The van der Waals surface area contributed by atoms with Crippen molar-refractivity contribution in [1.29, 1.82) is 0 Å². The number of amides is 5. The number of imide groups is 2. The minimum atomic E-state index is -1.34. The van der Waals surface area contributed by atoms with Crippen molar-refractivity contribution in [1.82, 2.24) is 21.0 Å². The molecule has 0 spiro atoms. The highest BCUT2D eigenvalue weighted by molar-refractivity contribution is 6.01. The van der Waals surface area contributed by atoms with Crippen molar-refractivity contribution in [2.24, 2.45) is 11.8 Å². The molecule has 0 heterocycles. The second kappa shape index (κ2) is 14.6. The molecule has 5 amide bonds. The van der Waals surface area contributed by atoms with Gasteiger partial charge < -0.3 is 15.3 Å². The summed E-state index contributed by atoms with van der Waals surface area (Å²) in [6.45, 7) is 6.35. The number of ether oxygens (including phenoxy) is 1. The number of hydrogen-bond donors (Lipinski definition) is 4. The van der Waals surface area contributed by atoms with Crippen LogP contribution in [0, 0.1) is 11.8 Å². The molecule has 0 unspecified atom stereocenters. The molecule has 2 saturated carbocycles. The standard InChI is InChI=1S/C27H46N4O7/c1-26(2,3)38-25(36)28-17-27(4,18-29-37)31(24(35)20-13-9-6-10-14-20)22(33)16-15-21(32)30-23(34)19-11-7-5-8-12-19/h19-20,29,37H,5-18H2,1-4H3,(H,28,36)(H,30,32,34)/t27-/m1/s1. The average molecular weight is 539 g/mol. The molecular formula is C27H46N4O7. The number of carbonyl (C=O) groups is 5. The Kier molecular flexibility index (Phi) is 12.2. The normalized spacial score (nSPS) is 18.7. The number of rotatable bonds is 10. The van der Waals surface area contributed by atoms with Gasteiger partial charge in [-0.25, -0.2) is 10.3 Å². The zero-order valence-corrected chi connectivity index (χ0v) is 23.4. The van der Waals surface area contributed by atoms with Gasteiger partial charge in [0.25, 0.3) is 0 Å². The lowest BCUT2D eigenvalue weighted by Crippen LogP contribution is -2.63. The van der Waals surface area contributed by atoms with Crippen LogP contribution in [-0.2, 0) is 23.9 Å².